The fourth-order valence-electron chi connectivity index (χ4n) is 2.53. The van der Waals surface area contributed by atoms with Crippen molar-refractivity contribution in [1.29, 1.82) is 0 Å². The lowest BCUT2D eigenvalue weighted by molar-refractivity contribution is -0.125. The standard InChI is InChI=1S/C21H29N3O4/c1-17(6-9-21(27)23-16-26)24(2)14-20-13-18(7-8-19(20)15-25)5-3-4-11-28-12-10-22/h7-8,13,15-17H,4,6,9-12,14,22H2,1-2H3,(H,23,26,27). The van der Waals surface area contributed by atoms with E-state index in [2.05, 4.69) is 22.1 Å². The molecule has 1 unspecified atom stereocenters. The molecule has 1 rings (SSSR count). The van der Waals surface area contributed by atoms with Crippen LogP contribution in [-0.4, -0.2) is 56.4 Å². The molecule has 7 heteroatoms. The number of ether oxygens (including phenoxy) is 1. The van der Waals surface area contributed by atoms with Gasteiger partial charge in [0.15, 0.2) is 0 Å². The predicted molar refractivity (Wildman–Crippen MR) is 108 cm³/mol. The maximum atomic E-state index is 11.4. The maximum Gasteiger partial charge on any atom is 0.226 e. The van der Waals surface area contributed by atoms with Crippen molar-refractivity contribution in [2.24, 2.45) is 5.73 Å². The summed E-state index contributed by atoms with van der Waals surface area (Å²) >= 11 is 0. The molecule has 0 aliphatic heterocycles. The SMILES string of the molecule is CC(CCC(=O)NC=O)N(C)Cc1cc(C#CCCOCCN)ccc1C=O. The molecule has 1 atom stereocenters. The summed E-state index contributed by atoms with van der Waals surface area (Å²) < 4.78 is 5.29. The highest BCUT2D eigenvalue weighted by molar-refractivity contribution is 5.85. The number of carbonyl (C=O) groups excluding carboxylic acids is 3. The number of amides is 2. The van der Waals surface area contributed by atoms with Gasteiger partial charge in [0.25, 0.3) is 0 Å². The fourth-order valence-corrected chi connectivity index (χ4v) is 2.53. The Morgan fingerprint density at radius 3 is 2.82 bits per heavy atom. The first kappa shape index (κ1) is 23.5. The van der Waals surface area contributed by atoms with E-state index in [1.165, 1.54) is 0 Å². The highest BCUT2D eigenvalue weighted by Gasteiger charge is 2.14. The van der Waals surface area contributed by atoms with Crippen LogP contribution >= 0.6 is 0 Å². The van der Waals surface area contributed by atoms with E-state index in [-0.39, 0.29) is 18.4 Å². The van der Waals surface area contributed by atoms with Gasteiger partial charge in [0.2, 0.25) is 12.3 Å². The van der Waals surface area contributed by atoms with Crippen molar-refractivity contribution < 1.29 is 19.1 Å². The molecule has 152 valence electrons. The van der Waals surface area contributed by atoms with Crippen molar-refractivity contribution in [3.8, 4) is 11.8 Å². The number of hydrogen-bond acceptors (Lipinski definition) is 6. The van der Waals surface area contributed by atoms with Gasteiger partial charge in [-0.25, -0.2) is 0 Å². The Labute approximate surface area is 166 Å². The molecule has 0 aromatic heterocycles. The lowest BCUT2D eigenvalue weighted by atomic mass is 10.0. The van der Waals surface area contributed by atoms with Crippen molar-refractivity contribution in [3.05, 3.63) is 34.9 Å². The van der Waals surface area contributed by atoms with Gasteiger partial charge in [0.05, 0.1) is 13.2 Å². The van der Waals surface area contributed by atoms with Crippen molar-refractivity contribution in [2.45, 2.75) is 38.8 Å². The van der Waals surface area contributed by atoms with Gasteiger partial charge in [-0.2, -0.15) is 0 Å². The van der Waals surface area contributed by atoms with Crippen LogP contribution in [0.2, 0.25) is 0 Å². The molecule has 0 bridgehead atoms. The van der Waals surface area contributed by atoms with Gasteiger partial charge in [-0.1, -0.05) is 17.9 Å². The summed E-state index contributed by atoms with van der Waals surface area (Å²) in [6, 6.07) is 5.62. The van der Waals surface area contributed by atoms with E-state index in [0.29, 0.717) is 51.1 Å². The summed E-state index contributed by atoms with van der Waals surface area (Å²) in [7, 11) is 1.93. The molecule has 0 fully saturated rings. The van der Waals surface area contributed by atoms with E-state index < -0.39 is 0 Å². The Morgan fingerprint density at radius 1 is 1.36 bits per heavy atom. The van der Waals surface area contributed by atoms with Gasteiger partial charge in [-0.3, -0.25) is 24.6 Å². The third kappa shape index (κ3) is 8.91. The van der Waals surface area contributed by atoms with Crippen LogP contribution in [-0.2, 0) is 20.9 Å². The van der Waals surface area contributed by atoms with E-state index in [1.807, 2.05) is 26.1 Å². The number of carbonyl (C=O) groups is 3. The second-order valence-electron chi connectivity index (χ2n) is 6.47. The molecular formula is C21H29N3O4. The van der Waals surface area contributed by atoms with Gasteiger partial charge < -0.3 is 10.5 Å². The van der Waals surface area contributed by atoms with Crippen LogP contribution in [0.1, 0.15) is 47.7 Å². The molecule has 3 N–H and O–H groups in total. The van der Waals surface area contributed by atoms with Gasteiger partial charge >= 0.3 is 0 Å². The Bertz CT molecular complexity index is 709. The third-order valence-corrected chi connectivity index (χ3v) is 4.32. The minimum absolute atomic E-state index is 0.103. The first-order valence-electron chi connectivity index (χ1n) is 9.29. The van der Waals surface area contributed by atoms with E-state index in [1.54, 1.807) is 6.07 Å². The van der Waals surface area contributed by atoms with Crippen LogP contribution in [0.4, 0.5) is 0 Å². The molecular weight excluding hydrogens is 358 g/mol. The van der Waals surface area contributed by atoms with Crippen LogP contribution in [0.15, 0.2) is 18.2 Å². The molecule has 2 amide bonds. The number of hydrogen-bond donors (Lipinski definition) is 2. The number of nitrogens with two attached hydrogens (primary N) is 1. The van der Waals surface area contributed by atoms with Crippen LogP contribution in [0, 0.1) is 11.8 Å². The quantitative estimate of drug-likeness (QED) is 0.316. The minimum Gasteiger partial charge on any atom is -0.379 e. The van der Waals surface area contributed by atoms with Crippen molar-refractivity contribution in [3.63, 3.8) is 0 Å². The predicted octanol–water partition coefficient (Wildman–Crippen LogP) is 1.09. The molecule has 0 radical (unpaired) electrons. The molecule has 7 nitrogen and oxygen atoms in total. The number of benzene rings is 1. The number of nitrogens with zero attached hydrogens (tertiary/aromatic N) is 1. The van der Waals surface area contributed by atoms with Crippen LogP contribution < -0.4 is 11.1 Å². The Balaban J connectivity index is 2.69. The Hall–Kier alpha value is -2.53. The van der Waals surface area contributed by atoms with E-state index in [9.17, 15) is 14.4 Å². The summed E-state index contributed by atoms with van der Waals surface area (Å²) in [4.78, 5) is 35.1. The van der Waals surface area contributed by atoms with Crippen molar-refractivity contribution >= 4 is 18.6 Å². The van der Waals surface area contributed by atoms with E-state index in [0.717, 1.165) is 17.4 Å². The van der Waals surface area contributed by atoms with Crippen LogP contribution in [0.3, 0.4) is 0 Å². The lowest BCUT2D eigenvalue weighted by Gasteiger charge is -2.25. The topological polar surface area (TPSA) is 102 Å². The second-order valence-corrected chi connectivity index (χ2v) is 6.47. The van der Waals surface area contributed by atoms with Crippen molar-refractivity contribution in [1.82, 2.24) is 10.2 Å². The Morgan fingerprint density at radius 2 is 2.14 bits per heavy atom. The highest BCUT2D eigenvalue weighted by Crippen LogP contribution is 2.15. The summed E-state index contributed by atoms with van der Waals surface area (Å²) in [6.45, 7) is 4.12. The van der Waals surface area contributed by atoms with E-state index >= 15 is 0 Å². The zero-order valence-corrected chi connectivity index (χ0v) is 16.6. The second kappa shape index (κ2) is 13.6. The molecule has 0 spiro atoms. The number of nitrogens with one attached hydrogen (secondary N) is 1. The molecule has 1 aromatic carbocycles. The molecule has 0 heterocycles. The molecule has 0 saturated heterocycles. The monoisotopic (exact) mass is 387 g/mol. The first-order chi connectivity index (χ1) is 13.5. The number of aldehydes is 1. The fraction of sp³-hybridized carbons (Fsp3) is 0.476. The molecule has 1 aromatic rings. The zero-order chi connectivity index (χ0) is 20.8. The highest BCUT2D eigenvalue weighted by atomic mass is 16.5. The zero-order valence-electron chi connectivity index (χ0n) is 16.6. The van der Waals surface area contributed by atoms with Gasteiger partial charge in [-0.15, -0.1) is 0 Å². The lowest BCUT2D eigenvalue weighted by Crippen LogP contribution is -2.31. The Kier molecular flexibility index (Phi) is 11.4. The van der Waals surface area contributed by atoms with Gasteiger partial charge in [0, 0.05) is 43.1 Å². The van der Waals surface area contributed by atoms with E-state index in [4.69, 9.17) is 10.5 Å². The number of imide groups is 1. The maximum absolute atomic E-state index is 11.4. The van der Waals surface area contributed by atoms with Crippen LogP contribution in [0.25, 0.3) is 0 Å². The smallest absolute Gasteiger partial charge is 0.226 e. The number of rotatable bonds is 12. The summed E-state index contributed by atoms with van der Waals surface area (Å²) in [5.74, 6) is 5.85. The summed E-state index contributed by atoms with van der Waals surface area (Å²) in [5, 5.41) is 2.14. The van der Waals surface area contributed by atoms with Gasteiger partial charge in [0.1, 0.15) is 6.29 Å². The first-order valence-corrected chi connectivity index (χ1v) is 9.29. The minimum atomic E-state index is -0.295. The largest absolute Gasteiger partial charge is 0.379 e. The third-order valence-electron chi connectivity index (χ3n) is 4.32. The average molecular weight is 387 g/mol. The molecule has 0 aliphatic rings. The summed E-state index contributed by atoms with van der Waals surface area (Å²) in [6.07, 6.45) is 2.72. The molecule has 0 aliphatic carbocycles. The van der Waals surface area contributed by atoms with Crippen LogP contribution in [0.5, 0.6) is 0 Å². The van der Waals surface area contributed by atoms with Crippen molar-refractivity contribution in [2.75, 3.05) is 26.8 Å². The average Bonchev–Trinajstić information content (AvgIpc) is 2.69. The molecule has 28 heavy (non-hydrogen) atoms. The molecule has 0 saturated carbocycles. The van der Waals surface area contributed by atoms with Gasteiger partial charge in [-0.05, 0) is 38.1 Å². The summed E-state index contributed by atoms with van der Waals surface area (Å²) in [5.41, 5.74) is 7.70. The normalized spacial score (nSPS) is 11.4.